The van der Waals surface area contributed by atoms with Gasteiger partial charge < -0.3 is 0 Å². The predicted octanol–water partition coefficient (Wildman–Crippen LogP) is 2.33. The number of imide groups is 1. The quantitative estimate of drug-likeness (QED) is 0.640. The molecule has 21 heavy (non-hydrogen) atoms. The molecular formula is C17H9NO3. The molecule has 0 fully saturated rings. The highest BCUT2D eigenvalue weighted by Gasteiger charge is 2.30. The number of fused-ring (bicyclic) bond motifs is 3. The first kappa shape index (κ1) is 11.8. The normalized spacial score (nSPS) is 15.6. The molecule has 4 nitrogen and oxygen atoms in total. The van der Waals surface area contributed by atoms with Gasteiger partial charge in [0.05, 0.1) is 5.69 Å². The average Bonchev–Trinajstić information content (AvgIpc) is 2.98. The lowest BCUT2D eigenvalue weighted by atomic mass is 10.1. The van der Waals surface area contributed by atoms with Crippen molar-refractivity contribution in [1.29, 1.82) is 0 Å². The van der Waals surface area contributed by atoms with Crippen molar-refractivity contribution in [2.45, 2.75) is 0 Å². The molecule has 0 N–H and O–H groups in total. The minimum Gasteiger partial charge on any atom is -0.289 e. The monoisotopic (exact) mass is 275 g/mol. The van der Waals surface area contributed by atoms with Crippen molar-refractivity contribution in [1.82, 2.24) is 0 Å². The molecule has 0 aromatic heterocycles. The summed E-state index contributed by atoms with van der Waals surface area (Å²) in [5, 5.41) is 0. The lowest BCUT2D eigenvalue weighted by Crippen LogP contribution is -2.29. The third kappa shape index (κ3) is 1.53. The zero-order valence-corrected chi connectivity index (χ0v) is 10.9. The van der Waals surface area contributed by atoms with Crippen molar-refractivity contribution in [2.75, 3.05) is 4.90 Å². The fourth-order valence-electron chi connectivity index (χ4n) is 2.81. The molecule has 4 rings (SSSR count). The van der Waals surface area contributed by atoms with Crippen molar-refractivity contribution in [2.24, 2.45) is 0 Å². The molecule has 2 aliphatic rings. The molecule has 1 aliphatic heterocycles. The largest absolute Gasteiger partial charge is 0.289 e. The fraction of sp³-hybridized carbons (Fsp3) is 0. The van der Waals surface area contributed by atoms with Crippen molar-refractivity contribution >= 4 is 23.3 Å². The Labute approximate surface area is 120 Å². The number of nitrogens with zero attached hydrogens (tertiary/aromatic N) is 1. The highest BCUT2D eigenvalue weighted by molar-refractivity contribution is 6.29. The first-order chi connectivity index (χ1) is 10.2. The number of ketones is 1. The van der Waals surface area contributed by atoms with E-state index in [-0.39, 0.29) is 17.6 Å². The van der Waals surface area contributed by atoms with Gasteiger partial charge in [-0.25, -0.2) is 4.90 Å². The van der Waals surface area contributed by atoms with Crippen LogP contribution in [0.25, 0.3) is 11.1 Å². The van der Waals surface area contributed by atoms with Crippen LogP contribution in [-0.4, -0.2) is 17.6 Å². The molecule has 2 amide bonds. The van der Waals surface area contributed by atoms with Crippen LogP contribution in [0.4, 0.5) is 5.69 Å². The highest BCUT2D eigenvalue weighted by Crippen LogP contribution is 2.38. The number of carbonyl (C=O) groups is 3. The van der Waals surface area contributed by atoms with Crippen LogP contribution in [0.15, 0.2) is 54.6 Å². The third-order valence-electron chi connectivity index (χ3n) is 3.78. The van der Waals surface area contributed by atoms with Gasteiger partial charge in [0.15, 0.2) is 5.78 Å². The van der Waals surface area contributed by atoms with Crippen LogP contribution in [0.5, 0.6) is 0 Å². The van der Waals surface area contributed by atoms with E-state index in [9.17, 15) is 14.4 Å². The predicted molar refractivity (Wildman–Crippen MR) is 76.9 cm³/mol. The molecule has 0 unspecified atom stereocenters. The summed E-state index contributed by atoms with van der Waals surface area (Å²) < 4.78 is 0. The van der Waals surface area contributed by atoms with Crippen LogP contribution in [0.2, 0.25) is 0 Å². The number of carbonyl (C=O) groups excluding carboxylic acids is 3. The van der Waals surface area contributed by atoms with Gasteiger partial charge in [0.1, 0.15) is 0 Å². The van der Waals surface area contributed by atoms with Crippen LogP contribution in [0, 0.1) is 0 Å². The lowest BCUT2D eigenvalue weighted by Gasteiger charge is -2.14. The van der Waals surface area contributed by atoms with Crippen molar-refractivity contribution < 1.29 is 14.4 Å². The lowest BCUT2D eigenvalue weighted by molar-refractivity contribution is -0.119. The number of rotatable bonds is 1. The second-order valence-corrected chi connectivity index (χ2v) is 4.95. The summed E-state index contributed by atoms with van der Waals surface area (Å²) in [6.07, 6.45) is 2.46. The van der Waals surface area contributed by atoms with Gasteiger partial charge in [0.25, 0.3) is 11.8 Å². The van der Waals surface area contributed by atoms with Crippen LogP contribution >= 0.6 is 0 Å². The summed E-state index contributed by atoms with van der Waals surface area (Å²) in [7, 11) is 0. The molecule has 2 aromatic carbocycles. The van der Waals surface area contributed by atoms with E-state index in [0.29, 0.717) is 16.8 Å². The Morgan fingerprint density at radius 2 is 1.29 bits per heavy atom. The van der Waals surface area contributed by atoms with Crippen LogP contribution < -0.4 is 4.90 Å². The molecular weight excluding hydrogens is 266 g/mol. The Hall–Kier alpha value is -3.01. The van der Waals surface area contributed by atoms with Gasteiger partial charge in [-0.15, -0.1) is 0 Å². The Balaban J connectivity index is 1.86. The Kier molecular flexibility index (Phi) is 2.24. The fourth-order valence-corrected chi connectivity index (χ4v) is 2.81. The van der Waals surface area contributed by atoms with E-state index in [1.807, 2.05) is 18.2 Å². The minimum atomic E-state index is -0.386. The third-order valence-corrected chi connectivity index (χ3v) is 3.78. The maximum atomic E-state index is 12.4. The minimum absolute atomic E-state index is 0.0745. The van der Waals surface area contributed by atoms with Gasteiger partial charge in [0.2, 0.25) is 0 Å². The van der Waals surface area contributed by atoms with Gasteiger partial charge in [-0.3, -0.25) is 14.4 Å². The smallest absolute Gasteiger partial charge is 0.258 e. The van der Waals surface area contributed by atoms with Crippen molar-refractivity contribution in [3.63, 3.8) is 0 Å². The van der Waals surface area contributed by atoms with E-state index in [1.165, 1.54) is 12.2 Å². The molecule has 4 heteroatoms. The summed E-state index contributed by atoms with van der Waals surface area (Å²) in [6, 6.07) is 12.5. The van der Waals surface area contributed by atoms with Crippen LogP contribution in [0.1, 0.15) is 15.9 Å². The average molecular weight is 275 g/mol. The van der Waals surface area contributed by atoms with Gasteiger partial charge in [-0.2, -0.15) is 0 Å². The summed E-state index contributed by atoms with van der Waals surface area (Å²) in [6.45, 7) is 0. The van der Waals surface area contributed by atoms with E-state index in [4.69, 9.17) is 0 Å². The van der Waals surface area contributed by atoms with Gasteiger partial charge >= 0.3 is 0 Å². The zero-order valence-electron chi connectivity index (χ0n) is 10.9. The van der Waals surface area contributed by atoms with Crippen molar-refractivity contribution in [3.8, 4) is 11.1 Å². The molecule has 0 saturated heterocycles. The molecule has 100 valence electrons. The first-order valence-electron chi connectivity index (χ1n) is 6.51. The standard InChI is InChI=1S/C17H9NO3/c19-15-7-8-16(20)18(15)10-5-6-12-11-3-1-2-4-13(11)17(21)14(12)9-10/h1-9H. The first-order valence-corrected chi connectivity index (χ1v) is 6.51. The molecule has 0 atom stereocenters. The van der Waals surface area contributed by atoms with Gasteiger partial charge in [-0.1, -0.05) is 30.3 Å². The Morgan fingerprint density at radius 1 is 0.667 bits per heavy atom. The Bertz CT molecular complexity index is 846. The number of benzene rings is 2. The van der Waals surface area contributed by atoms with E-state index >= 15 is 0 Å². The molecule has 2 aromatic rings. The SMILES string of the molecule is O=C1c2ccccc2-c2ccc(N3C(=O)C=CC3=O)cc21. The molecule has 0 radical (unpaired) electrons. The zero-order chi connectivity index (χ0) is 14.6. The molecule has 1 aliphatic carbocycles. The topological polar surface area (TPSA) is 54.5 Å². The summed E-state index contributed by atoms with van der Waals surface area (Å²) >= 11 is 0. The summed E-state index contributed by atoms with van der Waals surface area (Å²) in [4.78, 5) is 36.9. The molecule has 0 bridgehead atoms. The molecule has 0 saturated carbocycles. The molecule has 0 spiro atoms. The van der Waals surface area contributed by atoms with E-state index in [0.717, 1.165) is 16.0 Å². The van der Waals surface area contributed by atoms with E-state index in [2.05, 4.69) is 0 Å². The van der Waals surface area contributed by atoms with E-state index < -0.39 is 0 Å². The summed E-state index contributed by atoms with van der Waals surface area (Å²) in [5.74, 6) is -0.847. The maximum Gasteiger partial charge on any atom is 0.258 e. The molecule has 1 heterocycles. The second-order valence-electron chi connectivity index (χ2n) is 4.95. The second kappa shape index (κ2) is 3.99. The van der Waals surface area contributed by atoms with Crippen LogP contribution in [-0.2, 0) is 9.59 Å². The van der Waals surface area contributed by atoms with Gasteiger partial charge in [0, 0.05) is 23.3 Å². The van der Waals surface area contributed by atoms with Gasteiger partial charge in [-0.05, 0) is 23.3 Å². The Morgan fingerprint density at radius 3 is 2.00 bits per heavy atom. The number of hydrogen-bond acceptors (Lipinski definition) is 3. The number of amides is 2. The maximum absolute atomic E-state index is 12.4. The number of anilines is 1. The highest BCUT2D eigenvalue weighted by atomic mass is 16.2. The summed E-state index contributed by atoms with van der Waals surface area (Å²) in [5.41, 5.74) is 3.34. The van der Waals surface area contributed by atoms with Crippen molar-refractivity contribution in [3.05, 3.63) is 65.7 Å². The number of hydrogen-bond donors (Lipinski definition) is 0. The van der Waals surface area contributed by atoms with E-state index in [1.54, 1.807) is 24.3 Å². The van der Waals surface area contributed by atoms with Crippen LogP contribution in [0.3, 0.4) is 0 Å².